The van der Waals surface area contributed by atoms with Crippen LogP contribution in [0, 0.1) is 0 Å². The van der Waals surface area contributed by atoms with E-state index < -0.39 is 10.0 Å². The van der Waals surface area contributed by atoms with Crippen LogP contribution >= 0.6 is 0 Å². The van der Waals surface area contributed by atoms with Crippen LogP contribution in [0.5, 0.6) is 0 Å². The van der Waals surface area contributed by atoms with Gasteiger partial charge in [-0.1, -0.05) is 0 Å². The number of aromatic nitrogens is 7. The van der Waals surface area contributed by atoms with Crippen molar-refractivity contribution in [3.8, 4) is 22.8 Å². The van der Waals surface area contributed by atoms with Gasteiger partial charge in [-0.3, -0.25) is 4.68 Å². The summed E-state index contributed by atoms with van der Waals surface area (Å²) in [6, 6.07) is 3.80. The van der Waals surface area contributed by atoms with Gasteiger partial charge in [0.2, 0.25) is 0 Å². The van der Waals surface area contributed by atoms with E-state index in [0.717, 1.165) is 15.0 Å². The molecule has 0 bridgehead atoms. The third-order valence-corrected chi connectivity index (χ3v) is 7.04. The SMILES string of the molecule is CCS(=O)(=O)n1cc(-c2nccc(-c3nc(N)cc4c3c(NC3COC3)nn4C(C)C)n2)cn1. The van der Waals surface area contributed by atoms with Gasteiger partial charge < -0.3 is 15.8 Å². The zero-order valence-corrected chi connectivity index (χ0v) is 19.8. The van der Waals surface area contributed by atoms with Crippen molar-refractivity contribution in [1.82, 2.24) is 33.9 Å². The van der Waals surface area contributed by atoms with E-state index in [9.17, 15) is 8.42 Å². The van der Waals surface area contributed by atoms with Gasteiger partial charge in [-0.15, -0.1) is 0 Å². The molecule has 0 unspecified atom stereocenters. The molecule has 0 amide bonds. The predicted octanol–water partition coefficient (Wildman–Crippen LogP) is 1.92. The molecule has 0 atom stereocenters. The Kier molecular flexibility index (Phi) is 5.44. The number of hydrogen-bond acceptors (Lipinski definition) is 10. The summed E-state index contributed by atoms with van der Waals surface area (Å²) in [5.41, 5.74) is 8.58. The molecule has 1 fully saturated rings. The smallest absolute Gasteiger partial charge is 0.253 e. The molecule has 4 aromatic heterocycles. The number of nitrogen functional groups attached to an aromatic ring is 1. The van der Waals surface area contributed by atoms with Crippen molar-refractivity contribution in [2.24, 2.45) is 0 Å². The summed E-state index contributed by atoms with van der Waals surface area (Å²) in [5.74, 6) is 1.28. The molecule has 3 N–H and O–H groups in total. The lowest BCUT2D eigenvalue weighted by Gasteiger charge is -2.27. The summed E-state index contributed by atoms with van der Waals surface area (Å²) in [4.78, 5) is 13.6. The minimum absolute atomic E-state index is 0.0676. The van der Waals surface area contributed by atoms with Crippen molar-refractivity contribution in [3.63, 3.8) is 0 Å². The fraction of sp³-hybridized carbons (Fsp3) is 0.381. The summed E-state index contributed by atoms with van der Waals surface area (Å²) < 4.78 is 32.4. The molecule has 1 saturated heterocycles. The minimum atomic E-state index is -3.51. The summed E-state index contributed by atoms with van der Waals surface area (Å²) in [6.45, 7) is 6.86. The first-order valence-corrected chi connectivity index (χ1v) is 12.5. The maximum absolute atomic E-state index is 12.1. The molecule has 5 rings (SSSR count). The molecule has 0 radical (unpaired) electrons. The van der Waals surface area contributed by atoms with E-state index in [1.54, 1.807) is 25.3 Å². The van der Waals surface area contributed by atoms with Crippen molar-refractivity contribution in [1.29, 1.82) is 0 Å². The Morgan fingerprint density at radius 3 is 2.76 bits per heavy atom. The second-order valence-corrected chi connectivity index (χ2v) is 10.4. The topological polar surface area (TPSA) is 156 Å². The van der Waals surface area contributed by atoms with Crippen LogP contribution < -0.4 is 11.1 Å². The number of fused-ring (bicyclic) bond motifs is 1. The highest BCUT2D eigenvalue weighted by molar-refractivity contribution is 7.89. The number of nitrogens with one attached hydrogen (secondary N) is 1. The predicted molar refractivity (Wildman–Crippen MR) is 128 cm³/mol. The quantitative estimate of drug-likeness (QED) is 0.398. The van der Waals surface area contributed by atoms with Gasteiger partial charge in [-0.05, 0) is 26.8 Å². The molecule has 0 saturated carbocycles. The van der Waals surface area contributed by atoms with Gasteiger partial charge >= 0.3 is 0 Å². The Bertz CT molecular complexity index is 1470. The van der Waals surface area contributed by atoms with Crippen LogP contribution in [-0.4, -0.2) is 67.3 Å². The average molecular weight is 484 g/mol. The molecule has 4 aromatic rings. The highest BCUT2D eigenvalue weighted by Crippen LogP contribution is 2.35. The van der Waals surface area contributed by atoms with Gasteiger partial charge in [0.25, 0.3) is 10.0 Å². The van der Waals surface area contributed by atoms with Crippen molar-refractivity contribution in [2.75, 3.05) is 30.0 Å². The van der Waals surface area contributed by atoms with E-state index in [1.807, 2.05) is 18.5 Å². The monoisotopic (exact) mass is 483 g/mol. The highest BCUT2D eigenvalue weighted by atomic mass is 32.2. The maximum atomic E-state index is 12.1. The van der Waals surface area contributed by atoms with Crippen molar-refractivity contribution in [3.05, 3.63) is 30.7 Å². The summed E-state index contributed by atoms with van der Waals surface area (Å²) in [6.07, 6.45) is 4.43. The lowest BCUT2D eigenvalue weighted by Crippen LogP contribution is -2.40. The first-order valence-electron chi connectivity index (χ1n) is 10.9. The Morgan fingerprint density at radius 2 is 2.09 bits per heavy atom. The molecule has 0 aromatic carbocycles. The first-order chi connectivity index (χ1) is 16.3. The molecule has 5 heterocycles. The lowest BCUT2D eigenvalue weighted by molar-refractivity contribution is 0.0210. The van der Waals surface area contributed by atoms with E-state index >= 15 is 0 Å². The Hall–Kier alpha value is -3.58. The van der Waals surface area contributed by atoms with E-state index in [2.05, 4.69) is 25.4 Å². The van der Waals surface area contributed by atoms with E-state index in [0.29, 0.717) is 47.6 Å². The third-order valence-electron chi connectivity index (χ3n) is 5.54. The summed E-state index contributed by atoms with van der Waals surface area (Å²) in [5, 5.41) is 13.0. The molecule has 1 aliphatic heterocycles. The summed E-state index contributed by atoms with van der Waals surface area (Å²) in [7, 11) is -3.51. The lowest BCUT2D eigenvalue weighted by atomic mass is 10.1. The van der Waals surface area contributed by atoms with Gasteiger partial charge in [-0.25, -0.2) is 23.4 Å². The van der Waals surface area contributed by atoms with Crippen LogP contribution in [0.3, 0.4) is 0 Å². The van der Waals surface area contributed by atoms with Crippen LogP contribution in [0.2, 0.25) is 0 Å². The standard InChI is InChI=1S/C21H25N9O3S/c1-4-34(31,32)29-9-13(8-24-29)20-23-6-5-15(26-20)19-18-16(7-17(22)27-19)30(12(2)3)28-21(18)25-14-10-33-11-14/h5-9,12,14H,4,10-11H2,1-3H3,(H2,22,27)(H,25,28). The zero-order valence-electron chi connectivity index (χ0n) is 19.0. The molecule has 34 heavy (non-hydrogen) atoms. The number of hydrogen-bond donors (Lipinski definition) is 2. The number of ether oxygens (including phenoxy) is 1. The summed E-state index contributed by atoms with van der Waals surface area (Å²) >= 11 is 0. The van der Waals surface area contributed by atoms with Crippen molar-refractivity contribution < 1.29 is 13.2 Å². The first kappa shape index (κ1) is 22.2. The number of pyridine rings is 1. The van der Waals surface area contributed by atoms with Crippen LogP contribution in [0.25, 0.3) is 33.7 Å². The number of nitrogens with two attached hydrogens (primary N) is 1. The zero-order chi connectivity index (χ0) is 24.0. The largest absolute Gasteiger partial charge is 0.384 e. The highest BCUT2D eigenvalue weighted by Gasteiger charge is 2.25. The molecule has 12 nitrogen and oxygen atoms in total. The Labute approximate surface area is 196 Å². The Morgan fingerprint density at radius 1 is 1.29 bits per heavy atom. The van der Waals surface area contributed by atoms with Gasteiger partial charge in [0.05, 0.1) is 59.6 Å². The van der Waals surface area contributed by atoms with Crippen molar-refractivity contribution >= 4 is 32.6 Å². The van der Waals surface area contributed by atoms with Crippen LogP contribution in [0.15, 0.2) is 30.7 Å². The maximum Gasteiger partial charge on any atom is 0.253 e. The Balaban J connectivity index is 1.65. The van der Waals surface area contributed by atoms with E-state index in [4.69, 9.17) is 15.6 Å². The fourth-order valence-corrected chi connectivity index (χ4v) is 4.43. The average Bonchev–Trinajstić information content (AvgIpc) is 3.42. The van der Waals surface area contributed by atoms with Gasteiger partial charge in [0, 0.05) is 18.3 Å². The molecule has 178 valence electrons. The van der Waals surface area contributed by atoms with Gasteiger partial charge in [0.15, 0.2) is 11.6 Å². The molecule has 13 heteroatoms. The normalized spacial score (nSPS) is 14.6. The molecule has 0 aliphatic carbocycles. The number of rotatable bonds is 7. The molecular formula is C21H25N9O3S. The molecular weight excluding hydrogens is 458 g/mol. The van der Waals surface area contributed by atoms with Crippen LogP contribution in [-0.2, 0) is 14.8 Å². The van der Waals surface area contributed by atoms with Crippen LogP contribution in [0.1, 0.15) is 26.8 Å². The minimum Gasteiger partial charge on any atom is -0.384 e. The van der Waals surface area contributed by atoms with Gasteiger partial charge in [0.1, 0.15) is 11.5 Å². The number of nitrogens with zero attached hydrogens (tertiary/aromatic N) is 7. The van der Waals surface area contributed by atoms with Crippen LogP contribution in [0.4, 0.5) is 11.6 Å². The van der Waals surface area contributed by atoms with E-state index in [1.165, 1.54) is 12.4 Å². The van der Waals surface area contributed by atoms with Crippen molar-refractivity contribution in [2.45, 2.75) is 32.9 Å². The third kappa shape index (κ3) is 3.86. The molecule has 1 aliphatic rings. The van der Waals surface area contributed by atoms with E-state index in [-0.39, 0.29) is 17.8 Å². The second kappa shape index (κ2) is 8.33. The number of anilines is 2. The van der Waals surface area contributed by atoms with Gasteiger partial charge in [-0.2, -0.15) is 14.3 Å². The second-order valence-electron chi connectivity index (χ2n) is 8.32. The fourth-order valence-electron chi connectivity index (χ4n) is 3.70. The molecule has 0 spiro atoms.